The molecular weight excluding hydrogens is 546 g/mol. The van der Waals surface area contributed by atoms with Gasteiger partial charge in [-0.1, -0.05) is 46.9 Å². The summed E-state index contributed by atoms with van der Waals surface area (Å²) in [5, 5.41) is 0.0800. The molecule has 1 aromatic carbocycles. The van der Waals surface area contributed by atoms with Crippen LogP contribution in [0.4, 0.5) is 19.1 Å². The van der Waals surface area contributed by atoms with Crippen LogP contribution in [0, 0.1) is 0 Å². The topological polar surface area (TPSA) is 87.4 Å². The first-order valence-corrected chi connectivity index (χ1v) is 10.7. The molecule has 12 heteroatoms. The molecule has 0 amide bonds. The lowest BCUT2D eigenvalue weighted by Crippen LogP contribution is -2.11. The van der Waals surface area contributed by atoms with Gasteiger partial charge in [0.2, 0.25) is 11.2 Å². The van der Waals surface area contributed by atoms with Crippen LogP contribution in [-0.4, -0.2) is 29.1 Å². The summed E-state index contributed by atoms with van der Waals surface area (Å²) < 4.78 is 42.5. The van der Waals surface area contributed by atoms with Gasteiger partial charge in [-0.25, -0.2) is 15.0 Å². The maximum absolute atomic E-state index is 13.2. The summed E-state index contributed by atoms with van der Waals surface area (Å²) >= 11 is 7.97. The zero-order valence-electron chi connectivity index (χ0n) is 16.3. The summed E-state index contributed by atoms with van der Waals surface area (Å²) in [7, 11) is 0. The highest BCUT2D eigenvalue weighted by molar-refractivity contribution is 14.1. The number of hydrogen-bond donors (Lipinski definition) is 1. The number of alkyl halides is 4. The van der Waals surface area contributed by atoms with Crippen molar-refractivity contribution in [2.24, 2.45) is 0 Å². The van der Waals surface area contributed by atoms with Gasteiger partial charge in [0.25, 0.3) is 0 Å². The third-order valence-corrected chi connectivity index (χ3v) is 5.66. The second-order valence-electron chi connectivity index (χ2n) is 6.91. The fraction of sp³-hybridized carbons (Fsp3) is 0.263. The zero-order valence-corrected chi connectivity index (χ0v) is 19.2. The molecule has 0 aliphatic heterocycles. The summed E-state index contributed by atoms with van der Waals surface area (Å²) in [5.74, 6) is 0.507. The van der Waals surface area contributed by atoms with Crippen LogP contribution in [0.1, 0.15) is 35.2 Å². The van der Waals surface area contributed by atoms with Crippen molar-refractivity contribution in [3.8, 4) is 11.4 Å². The van der Waals surface area contributed by atoms with Crippen molar-refractivity contribution in [2.75, 3.05) is 5.73 Å². The van der Waals surface area contributed by atoms with Crippen LogP contribution in [0.25, 0.3) is 22.6 Å². The van der Waals surface area contributed by atoms with Gasteiger partial charge in [0.05, 0.1) is 16.3 Å². The molecule has 3 heterocycles. The van der Waals surface area contributed by atoms with Crippen LogP contribution in [0.15, 0.2) is 36.7 Å². The van der Waals surface area contributed by atoms with Gasteiger partial charge in [0.1, 0.15) is 11.3 Å². The molecule has 0 spiro atoms. The van der Waals surface area contributed by atoms with Crippen molar-refractivity contribution in [3.05, 3.63) is 53.2 Å². The van der Waals surface area contributed by atoms with E-state index in [2.05, 4.69) is 19.9 Å². The first-order chi connectivity index (χ1) is 14.6. The molecule has 7 nitrogen and oxygen atoms in total. The fourth-order valence-corrected chi connectivity index (χ4v) is 3.90. The van der Waals surface area contributed by atoms with Crippen molar-refractivity contribution >= 4 is 51.3 Å². The first kappa shape index (κ1) is 21.8. The van der Waals surface area contributed by atoms with Crippen molar-refractivity contribution < 1.29 is 13.2 Å². The van der Waals surface area contributed by atoms with Crippen molar-refractivity contribution in [3.63, 3.8) is 0 Å². The van der Waals surface area contributed by atoms with E-state index < -0.39 is 11.9 Å². The van der Waals surface area contributed by atoms with Gasteiger partial charge >= 0.3 is 6.18 Å². The molecule has 4 aromatic rings. The molecule has 0 aliphatic carbocycles. The highest BCUT2D eigenvalue weighted by Gasteiger charge is 2.35. The molecule has 0 fully saturated rings. The number of imidazole rings is 2. The predicted octanol–water partition coefficient (Wildman–Crippen LogP) is 5.51. The van der Waals surface area contributed by atoms with E-state index in [4.69, 9.17) is 17.3 Å². The van der Waals surface area contributed by atoms with Gasteiger partial charge in [0, 0.05) is 11.8 Å². The number of fused-ring (bicyclic) bond motifs is 1. The molecule has 162 valence electrons. The number of hydrogen-bond acceptors (Lipinski definition) is 5. The Hall–Kier alpha value is -2.41. The first-order valence-electron chi connectivity index (χ1n) is 9.12. The van der Waals surface area contributed by atoms with Crippen LogP contribution in [0.3, 0.4) is 0 Å². The minimum atomic E-state index is -4.51. The average molecular weight is 562 g/mol. The number of anilines is 1. The minimum Gasteiger partial charge on any atom is -0.369 e. The average Bonchev–Trinajstić information content (AvgIpc) is 3.28. The molecule has 2 N–H and O–H groups in total. The van der Waals surface area contributed by atoms with Gasteiger partial charge in [0.15, 0.2) is 11.3 Å². The molecule has 0 radical (unpaired) electrons. The van der Waals surface area contributed by atoms with Gasteiger partial charge in [-0.15, -0.1) is 0 Å². The van der Waals surface area contributed by atoms with E-state index in [9.17, 15) is 13.2 Å². The summed E-state index contributed by atoms with van der Waals surface area (Å²) in [6.07, 6.45) is -1.98. The Kier molecular flexibility index (Phi) is 5.58. The number of nitrogen functional groups attached to an aromatic ring is 1. The van der Waals surface area contributed by atoms with E-state index >= 15 is 0 Å². The molecule has 0 saturated carbocycles. The van der Waals surface area contributed by atoms with Crippen LogP contribution in [-0.2, 0) is 6.18 Å². The van der Waals surface area contributed by atoms with Crippen LogP contribution < -0.4 is 5.73 Å². The van der Waals surface area contributed by atoms with Crippen LogP contribution in [0.5, 0.6) is 0 Å². The molecular formula is C19H16ClF3IN7. The fourth-order valence-electron chi connectivity index (χ4n) is 3.34. The quantitative estimate of drug-likeness (QED) is 0.202. The SMILES string of the molecule is CC(I)n1cc(C(F)(F)F)nc1-c1ccc(C(C)n2c(N)nc3cnc(Cl)nc32)cc1. The lowest BCUT2D eigenvalue weighted by molar-refractivity contribution is -0.140. The third kappa shape index (κ3) is 4.07. The predicted molar refractivity (Wildman–Crippen MR) is 120 cm³/mol. The lowest BCUT2D eigenvalue weighted by atomic mass is 10.1. The van der Waals surface area contributed by atoms with Crippen molar-refractivity contribution in [1.82, 2.24) is 29.1 Å². The summed E-state index contributed by atoms with van der Waals surface area (Å²) in [4.78, 5) is 16.2. The molecule has 4 rings (SSSR count). The second-order valence-corrected chi connectivity index (χ2v) is 9.06. The van der Waals surface area contributed by atoms with Crippen molar-refractivity contribution in [2.45, 2.75) is 30.1 Å². The lowest BCUT2D eigenvalue weighted by Gasteiger charge is -2.17. The molecule has 2 atom stereocenters. The van der Waals surface area contributed by atoms with Gasteiger partial charge in [-0.2, -0.15) is 18.2 Å². The molecule has 0 bridgehead atoms. The molecule has 31 heavy (non-hydrogen) atoms. The van der Waals surface area contributed by atoms with E-state index in [-0.39, 0.29) is 27.1 Å². The van der Waals surface area contributed by atoms with Gasteiger partial charge in [-0.3, -0.25) is 4.57 Å². The number of benzene rings is 1. The highest BCUT2D eigenvalue weighted by Crippen LogP contribution is 2.34. The smallest absolute Gasteiger partial charge is 0.369 e. The summed E-state index contributed by atoms with van der Waals surface area (Å²) in [6, 6.07) is 6.86. The Morgan fingerprint density at radius 3 is 2.39 bits per heavy atom. The largest absolute Gasteiger partial charge is 0.434 e. The number of halogens is 5. The summed E-state index contributed by atoms with van der Waals surface area (Å²) in [5.41, 5.74) is 7.61. The van der Waals surface area contributed by atoms with Crippen LogP contribution in [0.2, 0.25) is 5.28 Å². The van der Waals surface area contributed by atoms with Crippen LogP contribution >= 0.6 is 34.2 Å². The summed E-state index contributed by atoms with van der Waals surface area (Å²) in [6.45, 7) is 3.71. The Morgan fingerprint density at radius 1 is 1.10 bits per heavy atom. The number of rotatable bonds is 4. The Morgan fingerprint density at radius 2 is 1.77 bits per heavy atom. The maximum atomic E-state index is 13.2. The minimum absolute atomic E-state index is 0.0800. The molecule has 2 unspecified atom stereocenters. The van der Waals surface area contributed by atoms with Gasteiger partial charge < -0.3 is 10.3 Å². The van der Waals surface area contributed by atoms with Crippen molar-refractivity contribution in [1.29, 1.82) is 0 Å². The Labute approximate surface area is 193 Å². The molecule has 0 aliphatic rings. The van der Waals surface area contributed by atoms with E-state index in [1.54, 1.807) is 23.6 Å². The van der Waals surface area contributed by atoms with E-state index in [1.807, 2.05) is 41.6 Å². The zero-order chi connectivity index (χ0) is 22.5. The second kappa shape index (κ2) is 7.93. The number of nitrogens with zero attached hydrogens (tertiary/aromatic N) is 6. The Balaban J connectivity index is 1.72. The standard InChI is InChI=1S/C19H16ClF3IN7/c1-9(31-16-13(27-18(31)25)7-26-17(20)29-16)11-3-5-12(6-4-11)15-28-14(19(21,22)23)8-30(15)10(2)24/h3-10H,1-2H3,(H2,25,27). The monoisotopic (exact) mass is 561 g/mol. The van der Waals surface area contributed by atoms with Gasteiger partial charge in [-0.05, 0) is 31.0 Å². The van der Waals surface area contributed by atoms with E-state index in [0.29, 0.717) is 16.7 Å². The van der Waals surface area contributed by atoms with E-state index in [0.717, 1.165) is 11.8 Å². The number of aromatic nitrogens is 6. The normalized spacial score (nSPS) is 14.2. The third-order valence-electron chi connectivity index (χ3n) is 4.88. The number of nitrogens with two attached hydrogens (primary N) is 1. The molecule has 0 saturated heterocycles. The highest BCUT2D eigenvalue weighted by atomic mass is 127. The molecule has 3 aromatic heterocycles. The van der Waals surface area contributed by atoms with E-state index in [1.165, 1.54) is 10.8 Å². The maximum Gasteiger partial charge on any atom is 0.434 e. The Bertz CT molecular complexity index is 1250.